The molecule has 0 bridgehead atoms. The Hall–Kier alpha value is -4.42. The number of hydrogen-bond acceptors (Lipinski definition) is 6. The second-order valence-corrected chi connectivity index (χ2v) is 14.8. The molecule has 3 rings (SSSR count). The Bertz CT molecular complexity index is 1520. The van der Waals surface area contributed by atoms with Gasteiger partial charge in [-0.3, -0.25) is 28.8 Å². The number of aromatic nitrogens is 1. The largest absolute Gasteiger partial charge is 0.361 e. The summed E-state index contributed by atoms with van der Waals surface area (Å²) in [6.07, 6.45) is 2.96. The van der Waals surface area contributed by atoms with Crippen molar-refractivity contribution in [2.45, 2.75) is 124 Å². The maximum atomic E-state index is 14.1. The topological polar surface area (TPSA) is 190 Å². The van der Waals surface area contributed by atoms with E-state index in [0.717, 1.165) is 16.5 Å². The molecule has 13 nitrogen and oxygen atoms in total. The third-order valence-electron chi connectivity index (χ3n) is 9.20. The Morgan fingerprint density at radius 1 is 0.600 bits per heavy atom. The zero-order valence-corrected chi connectivity index (χ0v) is 30.9. The average molecular weight is 696 g/mol. The van der Waals surface area contributed by atoms with Crippen LogP contribution in [0.5, 0.6) is 0 Å². The summed E-state index contributed by atoms with van der Waals surface area (Å²) in [6.45, 7) is 16.4. The van der Waals surface area contributed by atoms with Gasteiger partial charge in [0.1, 0.15) is 36.3 Å². The number of hydrogen-bond donors (Lipinski definition) is 7. The number of H-pyrrole nitrogens is 1. The minimum Gasteiger partial charge on any atom is -0.361 e. The van der Waals surface area contributed by atoms with E-state index in [-0.39, 0.29) is 42.9 Å². The lowest BCUT2D eigenvalue weighted by Gasteiger charge is -2.31. The van der Waals surface area contributed by atoms with Crippen molar-refractivity contribution in [1.82, 2.24) is 36.9 Å². The van der Waals surface area contributed by atoms with Gasteiger partial charge in [-0.25, -0.2) is 0 Å². The Balaban J connectivity index is 2.08. The van der Waals surface area contributed by atoms with Crippen molar-refractivity contribution in [2.24, 2.45) is 23.7 Å². The average Bonchev–Trinajstić information content (AvgIpc) is 3.45. The Kier molecular flexibility index (Phi) is 14.4. The number of aromatic amines is 1. The molecular formula is C37H57N7O6. The molecule has 1 aliphatic rings. The van der Waals surface area contributed by atoms with Gasteiger partial charge in [-0.05, 0) is 55.1 Å². The summed E-state index contributed by atoms with van der Waals surface area (Å²) in [7, 11) is 0. The summed E-state index contributed by atoms with van der Waals surface area (Å²) in [5, 5.41) is 17.7. The Morgan fingerprint density at radius 3 is 1.66 bits per heavy atom. The molecule has 2 aromatic rings. The smallest absolute Gasteiger partial charge is 0.243 e. The molecule has 0 radical (unpaired) electrons. The van der Waals surface area contributed by atoms with Gasteiger partial charge < -0.3 is 36.9 Å². The molecule has 7 N–H and O–H groups in total. The molecule has 276 valence electrons. The van der Waals surface area contributed by atoms with Crippen molar-refractivity contribution in [2.75, 3.05) is 0 Å². The summed E-state index contributed by atoms with van der Waals surface area (Å²) in [4.78, 5) is 85.8. The molecule has 0 spiro atoms. The predicted molar refractivity (Wildman–Crippen MR) is 192 cm³/mol. The SMILES string of the molecule is CC[C@H](C)C1NC(=O)[C@H](C(C)C)NC(=O)[C@@H](CC(C)C)NC(=O)[C@H](CC(C)C)NC(=O)[C@H](Cc2c[nH]c3ccccc23)NC(=O)[C@@H](C)NC1=O. The summed E-state index contributed by atoms with van der Waals surface area (Å²) in [5.41, 5.74) is 1.64. The third-order valence-corrected chi connectivity index (χ3v) is 9.20. The molecule has 6 amide bonds. The van der Waals surface area contributed by atoms with Crippen molar-refractivity contribution in [1.29, 1.82) is 0 Å². The minimum atomic E-state index is -1.12. The standard InChI is InChI=1S/C37H57N7O6/c1-10-22(8)31-37(50)39-23(9)32(45)40-29(17-24-18-38-26-14-12-11-13-25(24)26)34(47)41-27(15-19(2)3)33(46)42-28(16-20(4)5)35(48)43-30(21(6)7)36(49)44-31/h11-14,18-23,27-31,38H,10,15-17H2,1-9H3,(H,39,50)(H,40,45)(H,41,47)(H,42,46)(H,43,48)(H,44,49)/t22-,23+,27-,28+,29-,30-,31?/m0/s1. The molecule has 1 unspecified atom stereocenters. The van der Waals surface area contributed by atoms with Crippen LogP contribution >= 0.6 is 0 Å². The fourth-order valence-corrected chi connectivity index (χ4v) is 6.08. The van der Waals surface area contributed by atoms with Crippen LogP contribution in [0.3, 0.4) is 0 Å². The number of fused-ring (bicyclic) bond motifs is 1. The third kappa shape index (κ3) is 10.8. The zero-order valence-electron chi connectivity index (χ0n) is 30.9. The monoisotopic (exact) mass is 695 g/mol. The predicted octanol–water partition coefficient (Wildman–Crippen LogP) is 2.45. The van der Waals surface area contributed by atoms with Gasteiger partial charge in [-0.2, -0.15) is 0 Å². The fraction of sp³-hybridized carbons (Fsp3) is 0.622. The second kappa shape index (κ2) is 18.0. The number of rotatable bonds is 9. The van der Waals surface area contributed by atoms with Crippen LogP contribution in [0.2, 0.25) is 0 Å². The lowest BCUT2D eigenvalue weighted by Crippen LogP contribution is -2.62. The number of amides is 6. The van der Waals surface area contributed by atoms with Crippen molar-refractivity contribution >= 4 is 46.3 Å². The first-order valence-electron chi connectivity index (χ1n) is 17.9. The molecule has 1 aliphatic heterocycles. The van der Waals surface area contributed by atoms with E-state index in [9.17, 15) is 28.8 Å². The van der Waals surface area contributed by atoms with E-state index in [1.54, 1.807) is 20.0 Å². The van der Waals surface area contributed by atoms with E-state index in [0.29, 0.717) is 6.42 Å². The minimum absolute atomic E-state index is 0.00427. The lowest BCUT2D eigenvalue weighted by molar-refractivity contribution is -0.137. The van der Waals surface area contributed by atoms with E-state index in [2.05, 4.69) is 36.9 Å². The number of nitrogens with one attached hydrogen (secondary N) is 7. The fourth-order valence-electron chi connectivity index (χ4n) is 6.08. The summed E-state index contributed by atoms with van der Waals surface area (Å²) < 4.78 is 0. The maximum absolute atomic E-state index is 14.1. The van der Waals surface area contributed by atoms with Crippen molar-refractivity contribution < 1.29 is 28.8 Å². The highest BCUT2D eigenvalue weighted by atomic mass is 16.2. The van der Waals surface area contributed by atoms with Gasteiger partial charge in [0.25, 0.3) is 0 Å². The highest BCUT2D eigenvalue weighted by molar-refractivity contribution is 5.98. The van der Waals surface area contributed by atoms with Crippen LogP contribution in [-0.4, -0.2) is 76.7 Å². The highest BCUT2D eigenvalue weighted by Crippen LogP contribution is 2.20. The zero-order chi connectivity index (χ0) is 37.3. The molecule has 1 aromatic heterocycles. The van der Waals surface area contributed by atoms with E-state index in [4.69, 9.17) is 0 Å². The van der Waals surface area contributed by atoms with Crippen LogP contribution in [0, 0.1) is 23.7 Å². The number of para-hydroxylation sites is 1. The number of benzene rings is 1. The van der Waals surface area contributed by atoms with Gasteiger partial charge in [0, 0.05) is 23.5 Å². The van der Waals surface area contributed by atoms with Crippen molar-refractivity contribution in [3.63, 3.8) is 0 Å². The highest BCUT2D eigenvalue weighted by Gasteiger charge is 2.36. The lowest BCUT2D eigenvalue weighted by atomic mass is 9.95. The maximum Gasteiger partial charge on any atom is 0.243 e. The number of carbonyl (C=O) groups is 6. The van der Waals surface area contributed by atoms with Gasteiger partial charge in [0.05, 0.1) is 0 Å². The summed E-state index contributed by atoms with van der Waals surface area (Å²) >= 11 is 0. The first-order valence-corrected chi connectivity index (χ1v) is 17.9. The second-order valence-electron chi connectivity index (χ2n) is 14.8. The summed E-state index contributed by atoms with van der Waals surface area (Å²) in [5.74, 6) is -4.07. The molecule has 0 saturated carbocycles. The molecular weight excluding hydrogens is 638 g/mol. The molecule has 1 fully saturated rings. The van der Waals surface area contributed by atoms with Crippen LogP contribution in [0.25, 0.3) is 10.9 Å². The van der Waals surface area contributed by atoms with E-state index < -0.39 is 71.7 Å². The van der Waals surface area contributed by atoms with Gasteiger partial charge in [-0.15, -0.1) is 0 Å². The number of carbonyl (C=O) groups excluding carboxylic acids is 6. The Labute approximate surface area is 295 Å². The van der Waals surface area contributed by atoms with Crippen molar-refractivity contribution in [3.05, 3.63) is 36.0 Å². The van der Waals surface area contributed by atoms with Gasteiger partial charge in [0.2, 0.25) is 35.4 Å². The van der Waals surface area contributed by atoms with E-state index in [1.165, 1.54) is 6.92 Å². The van der Waals surface area contributed by atoms with Crippen LogP contribution in [0.1, 0.15) is 87.1 Å². The molecule has 2 heterocycles. The van der Waals surface area contributed by atoms with Gasteiger partial charge in [-0.1, -0.05) is 80.0 Å². The van der Waals surface area contributed by atoms with E-state index >= 15 is 0 Å². The quantitative estimate of drug-likeness (QED) is 0.211. The molecule has 0 aliphatic carbocycles. The molecule has 50 heavy (non-hydrogen) atoms. The first-order chi connectivity index (χ1) is 23.5. The van der Waals surface area contributed by atoms with Crippen molar-refractivity contribution in [3.8, 4) is 0 Å². The normalized spacial score (nSPS) is 25.7. The van der Waals surface area contributed by atoms with Crippen LogP contribution < -0.4 is 31.9 Å². The van der Waals surface area contributed by atoms with Crippen LogP contribution in [-0.2, 0) is 35.2 Å². The molecule has 13 heteroatoms. The molecule has 7 atom stereocenters. The molecule has 1 saturated heterocycles. The Morgan fingerprint density at radius 2 is 1.10 bits per heavy atom. The van der Waals surface area contributed by atoms with Crippen LogP contribution in [0.15, 0.2) is 30.5 Å². The first kappa shape index (κ1) is 40.0. The van der Waals surface area contributed by atoms with Gasteiger partial charge >= 0.3 is 0 Å². The van der Waals surface area contributed by atoms with Gasteiger partial charge in [0.15, 0.2) is 0 Å². The van der Waals surface area contributed by atoms with Crippen LogP contribution in [0.4, 0.5) is 0 Å². The molecule has 1 aromatic carbocycles. The van der Waals surface area contributed by atoms with E-state index in [1.807, 2.05) is 65.8 Å². The summed E-state index contributed by atoms with van der Waals surface area (Å²) in [6, 6.07) is 1.35.